The molecule has 0 bridgehead atoms. The lowest BCUT2D eigenvalue weighted by atomic mass is 9.93. The highest BCUT2D eigenvalue weighted by molar-refractivity contribution is 5.96. The molecule has 6 aromatic carbocycles. The Morgan fingerprint density at radius 2 is 0.868 bits per heavy atom. The van der Waals surface area contributed by atoms with Gasteiger partial charge in [-0.25, -0.2) is 9.59 Å². The number of hydrogen-bond donors (Lipinski definition) is 0. The second kappa shape index (κ2) is 18.7. The third-order valence-corrected chi connectivity index (χ3v) is 9.47. The third-order valence-electron chi connectivity index (χ3n) is 9.47. The molecule has 0 N–H and O–H groups in total. The van der Waals surface area contributed by atoms with Crippen molar-refractivity contribution < 1.29 is 28.5 Å². The number of benzene rings is 6. The van der Waals surface area contributed by atoms with Crippen LogP contribution in [0.3, 0.4) is 0 Å². The number of ether oxygens (including phenoxy) is 4. The highest BCUT2D eigenvalue weighted by Gasteiger charge is 2.20. The average Bonchev–Trinajstić information content (AvgIpc) is 3.19. The van der Waals surface area contributed by atoms with Gasteiger partial charge in [-0.3, -0.25) is 0 Å². The van der Waals surface area contributed by atoms with Crippen molar-refractivity contribution in [3.05, 3.63) is 144 Å². The summed E-state index contributed by atoms with van der Waals surface area (Å²) in [7, 11) is 0. The third kappa shape index (κ3) is 9.83. The van der Waals surface area contributed by atoms with Crippen molar-refractivity contribution in [2.75, 3.05) is 13.2 Å². The molecule has 6 heteroatoms. The molecule has 0 heterocycles. The first-order valence-electron chi connectivity index (χ1n) is 19.0. The van der Waals surface area contributed by atoms with Crippen LogP contribution in [0.25, 0.3) is 21.5 Å². The summed E-state index contributed by atoms with van der Waals surface area (Å²) in [5.74, 6) is 1.41. The van der Waals surface area contributed by atoms with E-state index in [1.165, 1.54) is 25.7 Å². The Morgan fingerprint density at radius 3 is 1.28 bits per heavy atom. The zero-order valence-electron chi connectivity index (χ0n) is 30.8. The quantitative estimate of drug-likeness (QED) is 0.0503. The van der Waals surface area contributed by atoms with Crippen LogP contribution in [0, 0.1) is 0 Å². The molecule has 0 aliphatic rings. The first-order chi connectivity index (χ1) is 26.0. The Morgan fingerprint density at radius 1 is 0.453 bits per heavy atom. The summed E-state index contributed by atoms with van der Waals surface area (Å²) in [6.07, 6.45) is 9.38. The predicted octanol–water partition coefficient (Wildman–Crippen LogP) is 11.9. The second-order valence-electron chi connectivity index (χ2n) is 13.3. The van der Waals surface area contributed by atoms with Gasteiger partial charge < -0.3 is 18.9 Å². The van der Waals surface area contributed by atoms with E-state index in [0.717, 1.165) is 69.9 Å². The fraction of sp³-hybridized carbons (Fsp3) is 0.277. The zero-order chi connectivity index (χ0) is 36.8. The summed E-state index contributed by atoms with van der Waals surface area (Å²) in [5.41, 5.74) is 2.49. The molecule has 0 saturated heterocycles. The van der Waals surface area contributed by atoms with Crippen molar-refractivity contribution in [3.63, 3.8) is 0 Å². The molecule has 0 spiro atoms. The number of carbonyl (C=O) groups excluding carboxylic acids is 2. The summed E-state index contributed by atoms with van der Waals surface area (Å²) in [6.45, 7) is 5.67. The summed E-state index contributed by atoms with van der Waals surface area (Å²) in [4.78, 5) is 27.1. The van der Waals surface area contributed by atoms with E-state index >= 15 is 0 Å². The van der Waals surface area contributed by atoms with Crippen molar-refractivity contribution in [2.24, 2.45) is 0 Å². The molecule has 6 rings (SSSR count). The number of carbonyl (C=O) groups is 2. The molecule has 6 nitrogen and oxygen atoms in total. The van der Waals surface area contributed by atoms with Crippen LogP contribution in [-0.2, 0) is 6.42 Å². The second-order valence-corrected chi connectivity index (χ2v) is 13.3. The maximum Gasteiger partial charge on any atom is 0.343 e. The standard InChI is InChI=1S/C47H48O6/c1-3-5-7-13-31-50-38-25-19-36(20-26-38)46(48)52-44-29-23-34-15-9-11-17-40(34)42(44)33-43-41-18-12-10-16-35(41)24-30-45(43)53-47(49)37-21-27-39(28-22-37)51-32-14-8-6-4-2/h9-12,15-30H,3-8,13-14,31-33H2,1-2H3. The van der Waals surface area contributed by atoms with E-state index in [0.29, 0.717) is 42.3 Å². The lowest BCUT2D eigenvalue weighted by Gasteiger charge is -2.17. The summed E-state index contributed by atoms with van der Waals surface area (Å²) < 4.78 is 24.0. The predicted molar refractivity (Wildman–Crippen MR) is 213 cm³/mol. The Hall–Kier alpha value is -5.62. The largest absolute Gasteiger partial charge is 0.494 e. The number of hydrogen-bond acceptors (Lipinski definition) is 6. The first-order valence-corrected chi connectivity index (χ1v) is 19.0. The highest BCUT2D eigenvalue weighted by Crippen LogP contribution is 2.37. The van der Waals surface area contributed by atoms with Crippen LogP contribution in [0.1, 0.15) is 97.1 Å². The van der Waals surface area contributed by atoms with Gasteiger partial charge in [-0.05, 0) is 95.1 Å². The minimum Gasteiger partial charge on any atom is -0.494 e. The summed E-state index contributed by atoms with van der Waals surface area (Å²) in [6, 6.07) is 37.8. The lowest BCUT2D eigenvalue weighted by Crippen LogP contribution is -2.12. The van der Waals surface area contributed by atoms with Crippen LogP contribution in [0.2, 0.25) is 0 Å². The molecular formula is C47H48O6. The molecule has 0 aromatic heterocycles. The minimum absolute atomic E-state index is 0.351. The van der Waals surface area contributed by atoms with Crippen molar-refractivity contribution in [1.29, 1.82) is 0 Å². The summed E-state index contributed by atoms with van der Waals surface area (Å²) >= 11 is 0. The van der Waals surface area contributed by atoms with Crippen molar-refractivity contribution in [2.45, 2.75) is 71.6 Å². The molecule has 0 fully saturated rings. The molecule has 0 radical (unpaired) electrons. The SMILES string of the molecule is CCCCCCOc1ccc(C(=O)Oc2ccc3ccccc3c2Cc2c(OC(=O)c3ccc(OCCCCCC)cc3)ccc3ccccc23)cc1. The van der Waals surface area contributed by atoms with Gasteiger partial charge in [0.2, 0.25) is 0 Å². The van der Waals surface area contributed by atoms with Gasteiger partial charge in [-0.2, -0.15) is 0 Å². The average molecular weight is 709 g/mol. The smallest absolute Gasteiger partial charge is 0.343 e. The normalized spacial score (nSPS) is 11.1. The molecule has 0 atom stereocenters. The molecule has 0 amide bonds. The monoisotopic (exact) mass is 708 g/mol. The highest BCUT2D eigenvalue weighted by atomic mass is 16.5. The topological polar surface area (TPSA) is 71.1 Å². The van der Waals surface area contributed by atoms with Crippen LogP contribution in [0.5, 0.6) is 23.0 Å². The van der Waals surface area contributed by atoms with Crippen LogP contribution in [0.4, 0.5) is 0 Å². The van der Waals surface area contributed by atoms with E-state index in [9.17, 15) is 9.59 Å². The lowest BCUT2D eigenvalue weighted by molar-refractivity contribution is 0.0726. The van der Waals surface area contributed by atoms with Crippen LogP contribution in [0.15, 0.2) is 121 Å². The molecule has 272 valence electrons. The van der Waals surface area contributed by atoms with Crippen LogP contribution < -0.4 is 18.9 Å². The maximum atomic E-state index is 13.6. The van der Waals surface area contributed by atoms with Crippen molar-refractivity contribution >= 4 is 33.5 Å². The van der Waals surface area contributed by atoms with Gasteiger partial charge in [-0.1, -0.05) is 113 Å². The van der Waals surface area contributed by atoms with Gasteiger partial charge in [0.25, 0.3) is 0 Å². The maximum absolute atomic E-state index is 13.6. The van der Waals surface area contributed by atoms with Gasteiger partial charge in [0, 0.05) is 17.5 Å². The van der Waals surface area contributed by atoms with Gasteiger partial charge >= 0.3 is 11.9 Å². The Bertz CT molecular complexity index is 1960. The van der Waals surface area contributed by atoms with Crippen LogP contribution >= 0.6 is 0 Å². The van der Waals surface area contributed by atoms with E-state index in [1.807, 2.05) is 97.1 Å². The summed E-state index contributed by atoms with van der Waals surface area (Å²) in [5, 5.41) is 3.91. The molecule has 0 aliphatic carbocycles. The number of fused-ring (bicyclic) bond motifs is 2. The Balaban J connectivity index is 1.25. The molecule has 53 heavy (non-hydrogen) atoms. The molecule has 0 saturated carbocycles. The first kappa shape index (κ1) is 37.1. The number of rotatable bonds is 18. The molecule has 6 aromatic rings. The molecular weight excluding hydrogens is 661 g/mol. The number of unbranched alkanes of at least 4 members (excludes halogenated alkanes) is 6. The van der Waals surface area contributed by atoms with Gasteiger partial charge in [0.1, 0.15) is 23.0 Å². The van der Waals surface area contributed by atoms with Gasteiger partial charge in [0.15, 0.2) is 0 Å². The molecule has 0 unspecified atom stereocenters. The van der Waals surface area contributed by atoms with E-state index < -0.39 is 11.9 Å². The van der Waals surface area contributed by atoms with E-state index in [-0.39, 0.29) is 0 Å². The van der Waals surface area contributed by atoms with Crippen molar-refractivity contribution in [3.8, 4) is 23.0 Å². The minimum atomic E-state index is -0.464. The Kier molecular flexibility index (Phi) is 13.1. The fourth-order valence-electron chi connectivity index (χ4n) is 6.49. The fourth-order valence-corrected chi connectivity index (χ4v) is 6.49. The number of esters is 2. The van der Waals surface area contributed by atoms with Gasteiger partial charge in [-0.15, -0.1) is 0 Å². The van der Waals surface area contributed by atoms with E-state index in [2.05, 4.69) is 13.8 Å². The van der Waals surface area contributed by atoms with E-state index in [4.69, 9.17) is 18.9 Å². The molecule has 0 aliphatic heterocycles. The van der Waals surface area contributed by atoms with Crippen LogP contribution in [-0.4, -0.2) is 25.2 Å². The zero-order valence-corrected chi connectivity index (χ0v) is 30.8. The van der Waals surface area contributed by atoms with Crippen molar-refractivity contribution in [1.82, 2.24) is 0 Å². The van der Waals surface area contributed by atoms with E-state index in [1.54, 1.807) is 24.3 Å². The van der Waals surface area contributed by atoms with Gasteiger partial charge in [0.05, 0.1) is 24.3 Å². The Labute approximate surface area is 312 Å².